The van der Waals surface area contributed by atoms with Crippen molar-refractivity contribution in [1.82, 2.24) is 0 Å². The van der Waals surface area contributed by atoms with Crippen LogP contribution < -0.4 is 0 Å². The quantitative estimate of drug-likeness (QED) is 0.367. The number of rotatable bonds is 9. The maximum Gasteiger partial charge on any atom is 0.0984 e. The zero-order valence-corrected chi connectivity index (χ0v) is 11.8. The largest absolute Gasteiger partial charge is 0.411 e. The Kier molecular flexibility index (Phi) is 9.14. The molecule has 0 fully saturated rings. The number of aliphatic hydroxyl groups is 1. The summed E-state index contributed by atoms with van der Waals surface area (Å²) in [5, 5.41) is 22.8. The number of nitrogens with zero attached hydrogens (tertiary/aromatic N) is 1. The van der Waals surface area contributed by atoms with E-state index in [0.717, 1.165) is 38.5 Å². The van der Waals surface area contributed by atoms with Crippen molar-refractivity contribution in [3.63, 3.8) is 0 Å². The predicted octanol–water partition coefficient (Wildman–Crippen LogP) is 3.83. The van der Waals surface area contributed by atoms with E-state index in [9.17, 15) is 5.11 Å². The van der Waals surface area contributed by atoms with Crippen molar-refractivity contribution in [2.75, 3.05) is 0 Å². The van der Waals surface area contributed by atoms with Gasteiger partial charge in [-0.2, -0.15) is 0 Å². The van der Waals surface area contributed by atoms with Crippen LogP contribution in [0.5, 0.6) is 0 Å². The van der Waals surface area contributed by atoms with Crippen molar-refractivity contribution in [3.8, 4) is 0 Å². The lowest BCUT2D eigenvalue weighted by Crippen LogP contribution is -2.34. The van der Waals surface area contributed by atoms with Crippen LogP contribution in [0, 0.1) is 11.8 Å². The molecule has 0 bridgehead atoms. The van der Waals surface area contributed by atoms with Gasteiger partial charge in [-0.05, 0) is 18.8 Å². The van der Waals surface area contributed by atoms with Crippen molar-refractivity contribution in [2.45, 2.75) is 72.3 Å². The van der Waals surface area contributed by atoms with Crippen molar-refractivity contribution >= 4 is 5.71 Å². The van der Waals surface area contributed by atoms with Crippen LogP contribution in [0.3, 0.4) is 0 Å². The fourth-order valence-corrected chi connectivity index (χ4v) is 2.37. The van der Waals surface area contributed by atoms with E-state index < -0.39 is 6.10 Å². The molecule has 2 N–H and O–H groups in total. The van der Waals surface area contributed by atoms with Crippen molar-refractivity contribution < 1.29 is 10.3 Å². The summed E-state index contributed by atoms with van der Waals surface area (Å²) in [6.07, 6.45) is 5.43. The second-order valence-corrected chi connectivity index (χ2v) is 4.79. The molecule has 0 aromatic heterocycles. The van der Waals surface area contributed by atoms with E-state index >= 15 is 0 Å². The Hall–Kier alpha value is -0.570. The van der Waals surface area contributed by atoms with Crippen molar-refractivity contribution in [3.05, 3.63) is 0 Å². The number of hydrogen-bond donors (Lipinski definition) is 2. The number of oxime groups is 1. The molecule has 102 valence electrons. The minimum absolute atomic E-state index is 0.205. The molecule has 0 saturated carbocycles. The lowest BCUT2D eigenvalue weighted by atomic mass is 9.84. The molecule has 0 amide bonds. The molecular formula is C14H29NO2. The summed E-state index contributed by atoms with van der Waals surface area (Å²) >= 11 is 0. The van der Waals surface area contributed by atoms with Crippen LogP contribution in [0.25, 0.3) is 0 Å². The Morgan fingerprint density at radius 3 is 2.00 bits per heavy atom. The highest BCUT2D eigenvalue weighted by Crippen LogP contribution is 2.23. The van der Waals surface area contributed by atoms with Gasteiger partial charge in [0.1, 0.15) is 0 Å². The predicted molar refractivity (Wildman–Crippen MR) is 72.6 cm³/mol. The van der Waals surface area contributed by atoms with Crippen LogP contribution in [0.1, 0.15) is 66.2 Å². The molecule has 0 aliphatic rings. The minimum atomic E-state index is -0.586. The highest BCUT2D eigenvalue weighted by atomic mass is 16.4. The van der Waals surface area contributed by atoms with Gasteiger partial charge in [0, 0.05) is 5.92 Å². The Morgan fingerprint density at radius 2 is 1.65 bits per heavy atom. The molecule has 3 heteroatoms. The van der Waals surface area contributed by atoms with Gasteiger partial charge in [0.05, 0.1) is 11.8 Å². The number of hydrogen-bond acceptors (Lipinski definition) is 3. The summed E-state index contributed by atoms with van der Waals surface area (Å²) in [7, 11) is 0. The van der Waals surface area contributed by atoms with Gasteiger partial charge < -0.3 is 10.3 Å². The second kappa shape index (κ2) is 9.46. The molecule has 0 aromatic rings. The van der Waals surface area contributed by atoms with Gasteiger partial charge in [-0.1, -0.05) is 58.5 Å². The topological polar surface area (TPSA) is 52.8 Å². The van der Waals surface area contributed by atoms with Gasteiger partial charge in [0.2, 0.25) is 0 Å². The van der Waals surface area contributed by atoms with Gasteiger partial charge in [-0.3, -0.25) is 0 Å². The third-order valence-corrected chi connectivity index (χ3v) is 3.73. The van der Waals surface area contributed by atoms with Crippen molar-refractivity contribution in [1.29, 1.82) is 0 Å². The molecule has 2 atom stereocenters. The van der Waals surface area contributed by atoms with E-state index in [1.165, 1.54) is 0 Å². The van der Waals surface area contributed by atoms with Crippen LogP contribution in [0.4, 0.5) is 0 Å². The summed E-state index contributed by atoms with van der Waals surface area (Å²) in [5.74, 6) is 0.423. The van der Waals surface area contributed by atoms with Gasteiger partial charge >= 0.3 is 0 Å². The summed E-state index contributed by atoms with van der Waals surface area (Å²) in [4.78, 5) is 0. The molecular weight excluding hydrogens is 214 g/mol. The lowest BCUT2D eigenvalue weighted by Gasteiger charge is -2.25. The fraction of sp³-hybridized carbons (Fsp3) is 0.929. The Labute approximate surface area is 106 Å². The molecule has 3 nitrogen and oxygen atoms in total. The molecule has 0 radical (unpaired) electrons. The molecule has 0 saturated heterocycles. The monoisotopic (exact) mass is 243 g/mol. The zero-order valence-electron chi connectivity index (χ0n) is 11.8. The number of unbranched alkanes of at least 4 members (excludes halogenated alkanes) is 1. The van der Waals surface area contributed by atoms with Crippen LogP contribution in [0.15, 0.2) is 5.16 Å². The van der Waals surface area contributed by atoms with Crippen LogP contribution in [0.2, 0.25) is 0 Å². The van der Waals surface area contributed by atoms with E-state index in [2.05, 4.69) is 32.9 Å². The molecule has 2 unspecified atom stereocenters. The molecule has 0 rings (SSSR count). The molecule has 0 heterocycles. The highest BCUT2D eigenvalue weighted by molar-refractivity contribution is 5.90. The Bertz CT molecular complexity index is 212. The zero-order chi connectivity index (χ0) is 13.3. The minimum Gasteiger partial charge on any atom is -0.411 e. The molecule has 0 spiro atoms. The smallest absolute Gasteiger partial charge is 0.0984 e. The lowest BCUT2D eigenvalue weighted by molar-refractivity contribution is 0.151. The Morgan fingerprint density at radius 1 is 1.06 bits per heavy atom. The molecule has 0 aromatic carbocycles. The number of aliphatic hydroxyl groups excluding tert-OH is 1. The third-order valence-electron chi connectivity index (χ3n) is 3.73. The first-order valence-corrected chi connectivity index (χ1v) is 7.05. The first-order chi connectivity index (χ1) is 8.15. The van der Waals surface area contributed by atoms with Crippen LogP contribution >= 0.6 is 0 Å². The maximum absolute atomic E-state index is 10.3. The van der Waals surface area contributed by atoms with Crippen molar-refractivity contribution in [2.24, 2.45) is 17.0 Å². The van der Waals surface area contributed by atoms with E-state index in [1.54, 1.807) is 0 Å². The van der Waals surface area contributed by atoms with E-state index in [4.69, 9.17) is 5.21 Å². The van der Waals surface area contributed by atoms with Gasteiger partial charge in [-0.15, -0.1) is 0 Å². The average Bonchev–Trinajstić information content (AvgIpc) is 2.35. The standard InChI is InChI=1S/C14H29NO2/c1-5-9-10-12(8-4)13(15-17)14(16)11(6-2)7-3/h11-12,14,16-17H,5-10H2,1-4H3. The first-order valence-electron chi connectivity index (χ1n) is 7.05. The van der Waals surface area contributed by atoms with E-state index in [1.807, 2.05) is 0 Å². The van der Waals surface area contributed by atoms with E-state index in [-0.39, 0.29) is 11.8 Å². The van der Waals surface area contributed by atoms with Gasteiger partial charge in [0.25, 0.3) is 0 Å². The summed E-state index contributed by atoms with van der Waals surface area (Å²) in [6, 6.07) is 0. The second-order valence-electron chi connectivity index (χ2n) is 4.79. The molecule has 17 heavy (non-hydrogen) atoms. The highest BCUT2D eigenvalue weighted by Gasteiger charge is 2.27. The summed E-state index contributed by atoms with van der Waals surface area (Å²) in [6.45, 7) is 8.38. The average molecular weight is 243 g/mol. The first kappa shape index (κ1) is 16.4. The van der Waals surface area contributed by atoms with Gasteiger partial charge in [0.15, 0.2) is 0 Å². The molecule has 0 aliphatic carbocycles. The Balaban J connectivity index is 4.66. The summed E-state index contributed by atoms with van der Waals surface area (Å²) in [5.41, 5.74) is 0.592. The fourth-order valence-electron chi connectivity index (χ4n) is 2.37. The SMILES string of the molecule is CCCCC(CC)C(=NO)C(O)C(CC)CC. The summed E-state index contributed by atoms with van der Waals surface area (Å²) < 4.78 is 0. The van der Waals surface area contributed by atoms with Crippen LogP contribution in [-0.4, -0.2) is 22.1 Å². The third kappa shape index (κ3) is 5.07. The van der Waals surface area contributed by atoms with Crippen LogP contribution in [-0.2, 0) is 0 Å². The normalized spacial score (nSPS) is 16.2. The van der Waals surface area contributed by atoms with Gasteiger partial charge in [-0.25, -0.2) is 0 Å². The maximum atomic E-state index is 10.3. The van der Waals surface area contributed by atoms with E-state index in [0.29, 0.717) is 5.71 Å². The molecule has 0 aliphatic heterocycles.